The molecule has 0 saturated heterocycles. The second-order valence-electron chi connectivity index (χ2n) is 20.2. The molecule has 0 aromatic rings. The van der Waals surface area contributed by atoms with Crippen molar-refractivity contribution < 1.29 is 28.6 Å². The number of hydrogen-bond acceptors (Lipinski definition) is 6. The summed E-state index contributed by atoms with van der Waals surface area (Å²) in [6.45, 7) is 6.40. The molecule has 0 aliphatic rings. The van der Waals surface area contributed by atoms with E-state index in [-0.39, 0.29) is 31.1 Å². The van der Waals surface area contributed by atoms with Crippen LogP contribution >= 0.6 is 0 Å². The van der Waals surface area contributed by atoms with Crippen LogP contribution in [0.25, 0.3) is 0 Å². The first-order valence-electron chi connectivity index (χ1n) is 30.6. The minimum absolute atomic E-state index is 0.0917. The molecule has 0 heterocycles. The second kappa shape index (κ2) is 60.1. The van der Waals surface area contributed by atoms with Gasteiger partial charge in [0.2, 0.25) is 0 Å². The predicted octanol–water partition coefficient (Wildman–Crippen LogP) is 20.7. The van der Waals surface area contributed by atoms with Gasteiger partial charge < -0.3 is 14.2 Å². The van der Waals surface area contributed by atoms with E-state index in [0.717, 1.165) is 109 Å². The van der Waals surface area contributed by atoms with Crippen molar-refractivity contribution in [3.8, 4) is 0 Å². The molecule has 6 heteroatoms. The molecular formula is C66H114O6. The van der Waals surface area contributed by atoms with Crippen molar-refractivity contribution in [2.45, 2.75) is 303 Å². The number of hydrogen-bond donors (Lipinski definition) is 0. The van der Waals surface area contributed by atoms with Crippen LogP contribution in [0.3, 0.4) is 0 Å². The van der Waals surface area contributed by atoms with Gasteiger partial charge in [0.25, 0.3) is 0 Å². The molecule has 0 aromatic heterocycles. The molecule has 0 saturated carbocycles. The molecule has 414 valence electrons. The molecule has 1 atom stereocenters. The molecule has 72 heavy (non-hydrogen) atoms. The van der Waals surface area contributed by atoms with Gasteiger partial charge in [-0.2, -0.15) is 0 Å². The fraction of sp³-hybridized carbons (Fsp3) is 0.742. The Labute approximate surface area is 445 Å². The summed E-state index contributed by atoms with van der Waals surface area (Å²) in [5.74, 6) is -0.934. The third kappa shape index (κ3) is 57.5. The van der Waals surface area contributed by atoms with Crippen LogP contribution < -0.4 is 0 Å². The van der Waals surface area contributed by atoms with Gasteiger partial charge in [-0.25, -0.2) is 0 Å². The summed E-state index contributed by atoms with van der Waals surface area (Å²) in [5, 5.41) is 0. The first kappa shape index (κ1) is 68.6. The average Bonchev–Trinajstić information content (AvgIpc) is 3.38. The average molecular weight is 1000 g/mol. The van der Waals surface area contributed by atoms with E-state index in [0.29, 0.717) is 19.3 Å². The number of ether oxygens (including phenoxy) is 3. The Morgan fingerprint density at radius 2 is 0.542 bits per heavy atom. The van der Waals surface area contributed by atoms with E-state index in [9.17, 15) is 14.4 Å². The lowest BCUT2D eigenvalue weighted by atomic mass is 10.0. The third-order valence-corrected chi connectivity index (χ3v) is 13.1. The molecule has 0 N–H and O–H groups in total. The SMILES string of the molecule is CC/C=C\C/C=C\C/C=C\C/C=C\CCCCC(=O)OCC(COC(=O)CCCCCCCCCCCCCCCCCCCCCCCC)OC(=O)CCCCCCCCC/C=C\C/C=C\C/C=C\CC. The number of carbonyl (C=O) groups excluding carboxylic acids is 3. The number of carbonyl (C=O) groups is 3. The van der Waals surface area contributed by atoms with E-state index in [1.165, 1.54) is 148 Å². The summed E-state index contributed by atoms with van der Waals surface area (Å²) in [5.41, 5.74) is 0. The van der Waals surface area contributed by atoms with Crippen LogP contribution in [-0.4, -0.2) is 37.2 Å². The van der Waals surface area contributed by atoms with Crippen molar-refractivity contribution in [2.24, 2.45) is 0 Å². The largest absolute Gasteiger partial charge is 0.462 e. The fourth-order valence-corrected chi connectivity index (χ4v) is 8.63. The number of allylic oxidation sites excluding steroid dienone is 14. The number of unbranched alkanes of at least 4 members (excludes halogenated alkanes) is 30. The van der Waals surface area contributed by atoms with E-state index in [1.807, 2.05) is 0 Å². The van der Waals surface area contributed by atoms with Gasteiger partial charge >= 0.3 is 17.9 Å². The number of rotatable bonds is 55. The van der Waals surface area contributed by atoms with E-state index in [2.05, 4.69) is 106 Å². The lowest BCUT2D eigenvalue weighted by Gasteiger charge is -2.18. The van der Waals surface area contributed by atoms with Gasteiger partial charge in [-0.05, 0) is 89.9 Å². The summed E-state index contributed by atoms with van der Waals surface area (Å²) in [4.78, 5) is 38.2. The monoisotopic (exact) mass is 1000 g/mol. The summed E-state index contributed by atoms with van der Waals surface area (Å²) < 4.78 is 16.9. The van der Waals surface area contributed by atoms with Crippen LogP contribution in [0.15, 0.2) is 85.1 Å². The lowest BCUT2D eigenvalue weighted by Crippen LogP contribution is -2.30. The van der Waals surface area contributed by atoms with Crippen molar-refractivity contribution in [2.75, 3.05) is 13.2 Å². The molecule has 0 radical (unpaired) electrons. The third-order valence-electron chi connectivity index (χ3n) is 13.1. The number of esters is 3. The highest BCUT2D eigenvalue weighted by Gasteiger charge is 2.19. The summed E-state index contributed by atoms with van der Waals surface area (Å²) in [7, 11) is 0. The maximum absolute atomic E-state index is 12.9. The quantitative estimate of drug-likeness (QED) is 0.0261. The van der Waals surface area contributed by atoms with Crippen molar-refractivity contribution in [1.82, 2.24) is 0 Å². The molecule has 0 aliphatic carbocycles. The zero-order valence-electron chi connectivity index (χ0n) is 47.4. The Kier molecular flexibility index (Phi) is 57.3. The molecule has 0 bridgehead atoms. The van der Waals surface area contributed by atoms with Crippen LogP contribution in [0.4, 0.5) is 0 Å². The van der Waals surface area contributed by atoms with Gasteiger partial charge in [0.15, 0.2) is 6.10 Å². The molecule has 0 fully saturated rings. The minimum atomic E-state index is -0.799. The highest BCUT2D eigenvalue weighted by atomic mass is 16.6. The molecule has 0 rings (SSSR count). The Balaban J connectivity index is 4.37. The van der Waals surface area contributed by atoms with Crippen LogP contribution in [-0.2, 0) is 28.6 Å². The second-order valence-corrected chi connectivity index (χ2v) is 20.2. The van der Waals surface area contributed by atoms with Crippen molar-refractivity contribution in [3.05, 3.63) is 85.1 Å². The molecule has 0 aliphatic heterocycles. The topological polar surface area (TPSA) is 78.9 Å². The van der Waals surface area contributed by atoms with Crippen molar-refractivity contribution >= 4 is 17.9 Å². The van der Waals surface area contributed by atoms with Gasteiger partial charge in [-0.15, -0.1) is 0 Å². The molecule has 0 amide bonds. The van der Waals surface area contributed by atoms with Gasteiger partial charge in [-0.1, -0.05) is 273 Å². The van der Waals surface area contributed by atoms with Gasteiger partial charge in [0.05, 0.1) is 0 Å². The van der Waals surface area contributed by atoms with E-state index in [4.69, 9.17) is 14.2 Å². The van der Waals surface area contributed by atoms with Crippen LogP contribution in [0.2, 0.25) is 0 Å². The Morgan fingerprint density at radius 3 is 0.875 bits per heavy atom. The predicted molar refractivity (Wildman–Crippen MR) is 311 cm³/mol. The molecular weight excluding hydrogens is 889 g/mol. The van der Waals surface area contributed by atoms with Crippen LogP contribution in [0.1, 0.15) is 297 Å². The van der Waals surface area contributed by atoms with Gasteiger partial charge in [-0.3, -0.25) is 14.4 Å². The smallest absolute Gasteiger partial charge is 0.306 e. The zero-order valence-corrected chi connectivity index (χ0v) is 47.4. The van der Waals surface area contributed by atoms with Crippen LogP contribution in [0, 0.1) is 0 Å². The van der Waals surface area contributed by atoms with Gasteiger partial charge in [0.1, 0.15) is 13.2 Å². The standard InChI is InChI=1S/C66H114O6/c1-4-7-10-13-16-19-22-25-28-30-31-32-33-34-36-38-41-44-47-50-53-56-59-65(68)71-62-63(61-70-64(67)58-55-52-49-46-43-40-37-27-24-21-18-15-12-9-6-3)72-66(69)60-57-54-51-48-45-42-39-35-29-26-23-20-17-14-11-8-5-2/h8-9,11-12,17-18,20-21,26-27,29,37,43,46,63H,4-7,10,13-16,19,22-25,28,30-36,38-42,44-45,47-62H2,1-3H3/b11-8-,12-9-,20-17-,21-18-,29-26-,37-27-,46-43-. The summed E-state index contributed by atoms with van der Waals surface area (Å²) in [6.07, 6.45) is 78.8. The molecule has 0 spiro atoms. The summed E-state index contributed by atoms with van der Waals surface area (Å²) in [6, 6.07) is 0. The maximum atomic E-state index is 12.9. The van der Waals surface area contributed by atoms with Crippen molar-refractivity contribution in [3.63, 3.8) is 0 Å². The van der Waals surface area contributed by atoms with Crippen molar-refractivity contribution in [1.29, 1.82) is 0 Å². The Hall–Kier alpha value is -3.41. The Morgan fingerprint density at radius 1 is 0.292 bits per heavy atom. The minimum Gasteiger partial charge on any atom is -0.462 e. The fourth-order valence-electron chi connectivity index (χ4n) is 8.63. The zero-order chi connectivity index (χ0) is 52.2. The van der Waals surface area contributed by atoms with E-state index >= 15 is 0 Å². The first-order valence-corrected chi connectivity index (χ1v) is 30.6. The Bertz CT molecular complexity index is 1380. The van der Waals surface area contributed by atoms with E-state index in [1.54, 1.807) is 0 Å². The normalized spacial score (nSPS) is 12.7. The highest BCUT2D eigenvalue weighted by molar-refractivity contribution is 5.71. The lowest BCUT2D eigenvalue weighted by molar-refractivity contribution is -0.167. The first-order chi connectivity index (χ1) is 35.5. The molecule has 0 aromatic carbocycles. The molecule has 6 nitrogen and oxygen atoms in total. The maximum Gasteiger partial charge on any atom is 0.306 e. The summed E-state index contributed by atoms with van der Waals surface area (Å²) >= 11 is 0. The highest BCUT2D eigenvalue weighted by Crippen LogP contribution is 2.17. The van der Waals surface area contributed by atoms with Crippen LogP contribution in [0.5, 0.6) is 0 Å². The van der Waals surface area contributed by atoms with Gasteiger partial charge in [0, 0.05) is 19.3 Å². The molecule has 1 unspecified atom stereocenters. The van der Waals surface area contributed by atoms with E-state index < -0.39 is 6.10 Å².